The van der Waals surface area contributed by atoms with E-state index >= 15 is 0 Å². The van der Waals surface area contributed by atoms with Crippen LogP contribution in [0.25, 0.3) is 0 Å². The van der Waals surface area contributed by atoms with Crippen molar-refractivity contribution in [2.24, 2.45) is 0 Å². The van der Waals surface area contributed by atoms with Gasteiger partial charge in [0.15, 0.2) is 0 Å². The Kier molecular flexibility index (Phi) is 14.0. The maximum absolute atomic E-state index is 12.3. The van der Waals surface area contributed by atoms with Gasteiger partial charge in [0.05, 0.1) is 19.8 Å². The Balaban J connectivity index is 2.43. The Hall–Kier alpha value is -1.85. The molecule has 0 aromatic heterocycles. The molecule has 0 aliphatic carbocycles. The molecule has 0 heterocycles. The molecule has 0 spiro atoms. The molecule has 0 aliphatic heterocycles. The number of carbonyl (C=O) groups excluding carboxylic acids is 1. The topological polar surface area (TPSA) is 65.0 Å². The zero-order valence-corrected chi connectivity index (χ0v) is 16.5. The zero-order valence-electron chi connectivity index (χ0n) is 16.5. The maximum atomic E-state index is 12.3. The number of allylic oxidation sites excluding steroid dienone is 1. The van der Waals surface area contributed by atoms with Gasteiger partial charge in [0.1, 0.15) is 12.4 Å². The second-order valence-corrected chi connectivity index (χ2v) is 6.37. The SMILES string of the molecule is CCCCCCCCCC=C(Oc1ccccc1)C(=O)OCCOCCO. The van der Waals surface area contributed by atoms with E-state index in [4.69, 9.17) is 19.3 Å². The highest BCUT2D eigenvalue weighted by molar-refractivity contribution is 5.86. The van der Waals surface area contributed by atoms with Crippen molar-refractivity contribution in [2.45, 2.75) is 58.3 Å². The molecule has 0 aliphatic rings. The molecular formula is C22H34O5. The second-order valence-electron chi connectivity index (χ2n) is 6.37. The Morgan fingerprint density at radius 1 is 0.963 bits per heavy atom. The molecule has 27 heavy (non-hydrogen) atoms. The van der Waals surface area contributed by atoms with E-state index in [1.807, 2.05) is 24.3 Å². The van der Waals surface area contributed by atoms with Gasteiger partial charge in [0, 0.05) is 0 Å². The number of rotatable bonds is 16. The number of aliphatic hydroxyl groups is 1. The van der Waals surface area contributed by atoms with Crippen LogP contribution < -0.4 is 4.74 Å². The lowest BCUT2D eigenvalue weighted by molar-refractivity contribution is -0.143. The maximum Gasteiger partial charge on any atom is 0.373 e. The van der Waals surface area contributed by atoms with Crippen molar-refractivity contribution < 1.29 is 24.1 Å². The van der Waals surface area contributed by atoms with Crippen molar-refractivity contribution >= 4 is 5.97 Å². The van der Waals surface area contributed by atoms with Gasteiger partial charge in [-0.3, -0.25) is 0 Å². The van der Waals surface area contributed by atoms with Gasteiger partial charge in [-0.05, 0) is 31.1 Å². The van der Waals surface area contributed by atoms with Crippen LogP contribution in [-0.4, -0.2) is 37.5 Å². The summed E-state index contributed by atoms with van der Waals surface area (Å²) < 4.78 is 16.0. The van der Waals surface area contributed by atoms with Gasteiger partial charge in [-0.15, -0.1) is 0 Å². The van der Waals surface area contributed by atoms with Gasteiger partial charge >= 0.3 is 5.97 Å². The van der Waals surface area contributed by atoms with Gasteiger partial charge in [0.2, 0.25) is 5.76 Å². The molecule has 5 heteroatoms. The van der Waals surface area contributed by atoms with E-state index in [2.05, 4.69) is 6.92 Å². The van der Waals surface area contributed by atoms with E-state index in [1.54, 1.807) is 12.1 Å². The first-order valence-corrected chi connectivity index (χ1v) is 10.1. The zero-order chi connectivity index (χ0) is 19.6. The van der Waals surface area contributed by atoms with E-state index < -0.39 is 5.97 Å². The third kappa shape index (κ3) is 12.2. The number of hydrogen-bond acceptors (Lipinski definition) is 5. The van der Waals surface area contributed by atoms with Crippen LogP contribution in [0.1, 0.15) is 58.3 Å². The summed E-state index contributed by atoms with van der Waals surface area (Å²) in [6.45, 7) is 2.79. The molecule has 152 valence electrons. The van der Waals surface area contributed by atoms with E-state index in [-0.39, 0.29) is 32.2 Å². The summed E-state index contributed by atoms with van der Waals surface area (Å²) in [6, 6.07) is 9.22. The highest BCUT2D eigenvalue weighted by Gasteiger charge is 2.13. The van der Waals surface area contributed by atoms with Crippen molar-refractivity contribution in [1.82, 2.24) is 0 Å². The van der Waals surface area contributed by atoms with Crippen LogP contribution in [0.3, 0.4) is 0 Å². The highest BCUT2D eigenvalue weighted by Crippen LogP contribution is 2.16. The van der Waals surface area contributed by atoms with Crippen LogP contribution >= 0.6 is 0 Å². The van der Waals surface area contributed by atoms with Crippen LogP contribution in [-0.2, 0) is 14.3 Å². The average Bonchev–Trinajstić information content (AvgIpc) is 2.69. The molecule has 0 atom stereocenters. The number of hydrogen-bond donors (Lipinski definition) is 1. The molecule has 0 amide bonds. The van der Waals surface area contributed by atoms with Gasteiger partial charge in [0.25, 0.3) is 0 Å². The number of carbonyl (C=O) groups is 1. The highest BCUT2D eigenvalue weighted by atomic mass is 16.6. The largest absolute Gasteiger partial charge is 0.457 e. The van der Waals surface area contributed by atoms with Gasteiger partial charge in [-0.1, -0.05) is 63.6 Å². The number of para-hydroxylation sites is 1. The molecule has 1 N–H and O–H groups in total. The molecule has 1 rings (SSSR count). The molecule has 0 saturated carbocycles. The van der Waals surface area contributed by atoms with Crippen molar-refractivity contribution in [2.75, 3.05) is 26.4 Å². The molecule has 0 unspecified atom stereocenters. The monoisotopic (exact) mass is 378 g/mol. The first kappa shape index (κ1) is 23.2. The van der Waals surface area contributed by atoms with Gasteiger partial charge in [-0.25, -0.2) is 4.79 Å². The van der Waals surface area contributed by atoms with Crippen LogP contribution in [0.5, 0.6) is 5.75 Å². The fraction of sp³-hybridized carbons (Fsp3) is 0.591. The standard InChI is InChI=1S/C22H34O5/c1-2-3-4-5-6-7-8-12-15-21(27-20-13-10-9-11-14-20)22(24)26-19-18-25-17-16-23/h9-11,13-15,23H,2-8,12,16-19H2,1H3. The number of unbranched alkanes of at least 4 members (excludes halogenated alkanes) is 7. The molecule has 1 aromatic rings. The molecule has 0 saturated heterocycles. The summed E-state index contributed by atoms with van der Waals surface area (Å²) in [5, 5.41) is 8.67. The third-order valence-corrected chi connectivity index (χ3v) is 4.01. The predicted octanol–water partition coefficient (Wildman–Crippen LogP) is 4.64. The summed E-state index contributed by atoms with van der Waals surface area (Å²) in [6.07, 6.45) is 11.2. The summed E-state index contributed by atoms with van der Waals surface area (Å²) >= 11 is 0. The van der Waals surface area contributed by atoms with Crippen LogP contribution in [0.15, 0.2) is 42.2 Å². The number of esters is 1. The number of benzene rings is 1. The van der Waals surface area contributed by atoms with Crippen molar-refractivity contribution in [3.63, 3.8) is 0 Å². The summed E-state index contributed by atoms with van der Waals surface area (Å²) in [5.41, 5.74) is 0. The normalized spacial score (nSPS) is 11.4. The Bertz CT molecular complexity index is 513. The van der Waals surface area contributed by atoms with Crippen molar-refractivity contribution in [3.05, 3.63) is 42.2 Å². The van der Waals surface area contributed by atoms with E-state index in [0.29, 0.717) is 5.75 Å². The minimum absolute atomic E-state index is 0.0470. The summed E-state index contributed by atoms with van der Waals surface area (Å²) in [5.74, 6) is 0.334. The number of ether oxygens (including phenoxy) is 3. The first-order chi connectivity index (χ1) is 13.3. The van der Waals surface area contributed by atoms with Crippen LogP contribution in [0, 0.1) is 0 Å². The summed E-state index contributed by atoms with van der Waals surface area (Å²) in [7, 11) is 0. The van der Waals surface area contributed by atoms with Crippen molar-refractivity contribution in [3.8, 4) is 5.75 Å². The Morgan fingerprint density at radius 2 is 1.67 bits per heavy atom. The molecule has 5 nitrogen and oxygen atoms in total. The van der Waals surface area contributed by atoms with Crippen LogP contribution in [0.2, 0.25) is 0 Å². The fourth-order valence-corrected chi connectivity index (χ4v) is 2.55. The Labute approximate surface area is 163 Å². The first-order valence-electron chi connectivity index (χ1n) is 10.1. The second kappa shape index (κ2) is 16.3. The third-order valence-electron chi connectivity index (χ3n) is 4.01. The fourth-order valence-electron chi connectivity index (χ4n) is 2.55. The quantitative estimate of drug-likeness (QED) is 0.196. The molecule has 0 bridgehead atoms. The van der Waals surface area contributed by atoms with Gasteiger partial charge in [-0.2, -0.15) is 0 Å². The lowest BCUT2D eigenvalue weighted by Gasteiger charge is -2.10. The minimum atomic E-state index is -0.491. The van der Waals surface area contributed by atoms with Gasteiger partial charge < -0.3 is 19.3 Å². The molecular weight excluding hydrogens is 344 g/mol. The molecule has 0 radical (unpaired) electrons. The summed E-state index contributed by atoms with van der Waals surface area (Å²) in [4.78, 5) is 12.3. The van der Waals surface area contributed by atoms with Crippen LogP contribution in [0.4, 0.5) is 0 Å². The lowest BCUT2D eigenvalue weighted by Crippen LogP contribution is -2.16. The average molecular weight is 379 g/mol. The van der Waals surface area contributed by atoms with Crippen molar-refractivity contribution in [1.29, 1.82) is 0 Å². The minimum Gasteiger partial charge on any atom is -0.457 e. The Morgan fingerprint density at radius 3 is 2.37 bits per heavy atom. The molecule has 1 aromatic carbocycles. The lowest BCUT2D eigenvalue weighted by atomic mass is 10.1. The smallest absolute Gasteiger partial charge is 0.373 e. The van der Waals surface area contributed by atoms with E-state index in [9.17, 15) is 4.79 Å². The predicted molar refractivity (Wildman–Crippen MR) is 107 cm³/mol. The number of aliphatic hydroxyl groups excluding tert-OH is 1. The molecule has 0 fully saturated rings. The van der Waals surface area contributed by atoms with E-state index in [0.717, 1.165) is 19.3 Å². The van der Waals surface area contributed by atoms with E-state index in [1.165, 1.54) is 32.1 Å².